The fraction of sp³-hybridized carbons (Fsp3) is 0.250. The van der Waals surface area contributed by atoms with Crippen molar-refractivity contribution in [2.45, 2.75) is 13.8 Å². The molecule has 0 unspecified atom stereocenters. The largest absolute Gasteiger partial charge is 0.0874 e. The van der Waals surface area contributed by atoms with Gasteiger partial charge in [-0.15, -0.1) is 0 Å². The zero-order valence-corrected chi connectivity index (χ0v) is 7.35. The van der Waals surface area contributed by atoms with E-state index in [1.54, 1.807) is 0 Å². The van der Waals surface area contributed by atoms with Crippen LogP contribution in [-0.2, 0) is 0 Å². The minimum atomic E-state index is 1.26. The first kappa shape index (κ1) is 8.70. The molecule has 0 bridgehead atoms. The van der Waals surface area contributed by atoms with Crippen molar-refractivity contribution < 1.29 is 0 Å². The average Bonchev–Trinajstić information content (AvgIpc) is 1.85. The number of rotatable bonds is 2. The molecule has 0 atom stereocenters. The molecule has 50 valence electrons. The Balaban J connectivity index is 3.84. The molecule has 0 aromatic rings. The third-order valence-corrected chi connectivity index (χ3v) is 1.17. The fourth-order valence-electron chi connectivity index (χ4n) is 0.507. The molecule has 0 aromatic carbocycles. The molecule has 0 saturated heterocycles. The third kappa shape index (κ3) is 5.57. The van der Waals surface area contributed by atoms with Gasteiger partial charge < -0.3 is 0 Å². The van der Waals surface area contributed by atoms with Crippen molar-refractivity contribution in [2.75, 3.05) is 0 Å². The first-order valence-corrected chi connectivity index (χ1v) is 3.79. The van der Waals surface area contributed by atoms with Gasteiger partial charge >= 0.3 is 0 Å². The number of halogens is 1. The molecule has 9 heavy (non-hydrogen) atoms. The summed E-state index contributed by atoms with van der Waals surface area (Å²) >= 11 is 3.18. The van der Waals surface area contributed by atoms with Gasteiger partial charge in [0.15, 0.2) is 0 Å². The molecule has 0 amide bonds. The number of hydrogen-bond acceptors (Lipinski definition) is 0. The van der Waals surface area contributed by atoms with Gasteiger partial charge in [-0.25, -0.2) is 0 Å². The Labute approximate surface area is 65.1 Å². The second-order valence-corrected chi connectivity index (χ2v) is 2.26. The van der Waals surface area contributed by atoms with Gasteiger partial charge in [0, 0.05) is 0 Å². The quantitative estimate of drug-likeness (QED) is 0.581. The van der Waals surface area contributed by atoms with Crippen LogP contribution < -0.4 is 0 Å². The van der Waals surface area contributed by atoms with Gasteiger partial charge in [-0.3, -0.25) is 0 Å². The first-order chi connectivity index (χ1) is 4.31. The minimum Gasteiger partial charge on any atom is -0.0874 e. The van der Waals surface area contributed by atoms with Crippen LogP contribution in [0.3, 0.4) is 0 Å². The molecule has 0 saturated carbocycles. The monoisotopic (exact) mass is 186 g/mol. The Kier molecular flexibility index (Phi) is 5.64. The van der Waals surface area contributed by atoms with Crippen LogP contribution in [0.25, 0.3) is 0 Å². The topological polar surface area (TPSA) is 0 Å². The predicted octanol–water partition coefficient (Wildman–Crippen LogP) is 3.42. The van der Waals surface area contributed by atoms with Crippen LogP contribution in [0.5, 0.6) is 0 Å². The zero-order chi connectivity index (χ0) is 7.11. The molecule has 0 spiro atoms. The lowest BCUT2D eigenvalue weighted by molar-refractivity contribution is 1.50. The summed E-state index contributed by atoms with van der Waals surface area (Å²) in [5.74, 6) is 0. The maximum atomic E-state index is 3.18. The molecule has 0 aliphatic heterocycles. The molecule has 0 radical (unpaired) electrons. The van der Waals surface area contributed by atoms with Crippen molar-refractivity contribution in [2.24, 2.45) is 0 Å². The Morgan fingerprint density at radius 1 is 1.44 bits per heavy atom. The first-order valence-electron chi connectivity index (χ1n) is 2.87. The van der Waals surface area contributed by atoms with Crippen molar-refractivity contribution in [3.05, 3.63) is 34.9 Å². The van der Waals surface area contributed by atoms with E-state index in [2.05, 4.69) is 28.9 Å². The van der Waals surface area contributed by atoms with Crippen LogP contribution in [0, 0.1) is 0 Å². The van der Waals surface area contributed by atoms with Gasteiger partial charge in [-0.2, -0.15) is 0 Å². The smallest absolute Gasteiger partial charge is 0.0189 e. The van der Waals surface area contributed by atoms with Gasteiger partial charge in [0.1, 0.15) is 0 Å². The van der Waals surface area contributed by atoms with Crippen LogP contribution in [-0.4, -0.2) is 0 Å². The predicted molar refractivity (Wildman–Crippen MR) is 46.6 cm³/mol. The molecule has 0 aromatic heterocycles. The fourth-order valence-corrected chi connectivity index (χ4v) is 0.659. The number of allylic oxidation sites excluding steroid dienone is 5. The van der Waals surface area contributed by atoms with Gasteiger partial charge in [0.05, 0.1) is 0 Å². The van der Waals surface area contributed by atoms with Crippen LogP contribution in [0.15, 0.2) is 34.9 Å². The summed E-state index contributed by atoms with van der Waals surface area (Å²) in [6.07, 6.45) is 8.07. The second kappa shape index (κ2) is 5.83. The number of hydrogen-bond donors (Lipinski definition) is 0. The van der Waals surface area contributed by atoms with E-state index < -0.39 is 0 Å². The highest BCUT2D eigenvalue weighted by atomic mass is 79.9. The average molecular weight is 187 g/mol. The van der Waals surface area contributed by atoms with Gasteiger partial charge in [0.25, 0.3) is 0 Å². The van der Waals surface area contributed by atoms with E-state index in [0.717, 1.165) is 0 Å². The van der Waals surface area contributed by atoms with E-state index in [1.807, 2.05) is 30.1 Å². The summed E-state index contributed by atoms with van der Waals surface area (Å²) in [7, 11) is 0. The lowest BCUT2D eigenvalue weighted by atomic mass is 10.2. The lowest BCUT2D eigenvalue weighted by Gasteiger charge is -1.83. The molecule has 0 heterocycles. The Bertz CT molecular complexity index is 141. The van der Waals surface area contributed by atoms with Crippen molar-refractivity contribution in [1.82, 2.24) is 0 Å². The zero-order valence-electron chi connectivity index (χ0n) is 5.76. The van der Waals surface area contributed by atoms with Crippen molar-refractivity contribution in [1.29, 1.82) is 0 Å². The summed E-state index contributed by atoms with van der Waals surface area (Å²) in [5, 5.41) is 0. The normalized spacial score (nSPS) is 13.9. The Morgan fingerprint density at radius 3 is 2.56 bits per heavy atom. The standard InChI is InChI=1S/C8H11Br/c1-3-5-8(2)6-4-7-9/h3-7H,1-2H3/b5-3-,7-4+,8-6-. The maximum Gasteiger partial charge on any atom is -0.0189 e. The van der Waals surface area contributed by atoms with Gasteiger partial charge in [-0.05, 0) is 18.8 Å². The highest BCUT2D eigenvalue weighted by molar-refractivity contribution is 9.11. The van der Waals surface area contributed by atoms with Crippen molar-refractivity contribution >= 4 is 15.9 Å². The lowest BCUT2D eigenvalue weighted by Crippen LogP contribution is -1.62. The van der Waals surface area contributed by atoms with E-state index in [-0.39, 0.29) is 0 Å². The SMILES string of the molecule is C\C=C/C(C)=C\C=C\Br. The summed E-state index contributed by atoms with van der Waals surface area (Å²) in [6, 6.07) is 0. The van der Waals surface area contributed by atoms with Gasteiger partial charge in [-0.1, -0.05) is 45.8 Å². The summed E-state index contributed by atoms with van der Waals surface area (Å²) in [4.78, 5) is 1.83. The Morgan fingerprint density at radius 2 is 2.11 bits per heavy atom. The molecule has 1 heteroatoms. The van der Waals surface area contributed by atoms with Crippen LogP contribution in [0.4, 0.5) is 0 Å². The van der Waals surface area contributed by atoms with E-state index in [1.165, 1.54) is 5.57 Å². The molecule has 0 nitrogen and oxygen atoms in total. The van der Waals surface area contributed by atoms with Crippen LogP contribution >= 0.6 is 15.9 Å². The Hall–Kier alpha value is -0.300. The van der Waals surface area contributed by atoms with Crippen molar-refractivity contribution in [3.63, 3.8) is 0 Å². The minimum absolute atomic E-state index is 1.26. The van der Waals surface area contributed by atoms with Crippen molar-refractivity contribution in [3.8, 4) is 0 Å². The summed E-state index contributed by atoms with van der Waals surface area (Å²) in [6.45, 7) is 4.07. The molecular weight excluding hydrogens is 176 g/mol. The molecule has 0 aliphatic carbocycles. The van der Waals surface area contributed by atoms with E-state index >= 15 is 0 Å². The van der Waals surface area contributed by atoms with E-state index in [9.17, 15) is 0 Å². The van der Waals surface area contributed by atoms with Crippen LogP contribution in [0.2, 0.25) is 0 Å². The van der Waals surface area contributed by atoms with Gasteiger partial charge in [0.2, 0.25) is 0 Å². The van der Waals surface area contributed by atoms with E-state index in [4.69, 9.17) is 0 Å². The maximum absolute atomic E-state index is 3.18. The second-order valence-electron chi connectivity index (χ2n) is 1.73. The van der Waals surface area contributed by atoms with E-state index in [0.29, 0.717) is 0 Å². The molecule has 0 fully saturated rings. The molecular formula is C8H11Br. The van der Waals surface area contributed by atoms with Crippen LogP contribution in [0.1, 0.15) is 13.8 Å². The molecule has 0 rings (SSSR count). The molecule has 0 aliphatic rings. The summed E-state index contributed by atoms with van der Waals surface area (Å²) < 4.78 is 0. The summed E-state index contributed by atoms with van der Waals surface area (Å²) in [5.41, 5.74) is 1.26. The molecule has 0 N–H and O–H groups in total. The third-order valence-electron chi connectivity index (χ3n) is 0.861. The highest BCUT2D eigenvalue weighted by Crippen LogP contribution is 1.95. The highest BCUT2D eigenvalue weighted by Gasteiger charge is 1.73.